The minimum absolute atomic E-state index is 0.284. The van der Waals surface area contributed by atoms with Crippen molar-refractivity contribution in [2.45, 2.75) is 93.8 Å². The fourth-order valence-electron chi connectivity index (χ4n) is 3.50. The van der Waals surface area contributed by atoms with Crippen molar-refractivity contribution in [1.82, 2.24) is 0 Å². The van der Waals surface area contributed by atoms with Gasteiger partial charge in [0.2, 0.25) is 0 Å². The van der Waals surface area contributed by atoms with E-state index in [0.29, 0.717) is 6.26 Å². The van der Waals surface area contributed by atoms with Crippen LogP contribution in [0.15, 0.2) is 87.5 Å². The Morgan fingerprint density at radius 3 is 0.979 bits per heavy atom. The molecule has 12 nitrogen and oxygen atoms in total. The molecule has 0 aromatic heterocycles. The van der Waals surface area contributed by atoms with Crippen LogP contribution in [0.3, 0.4) is 0 Å². The van der Waals surface area contributed by atoms with Crippen LogP contribution < -0.4 is 14.2 Å². The standard InChI is InChI=1S/C33H39O9S.CH4O3S/c1-31(2,3)40-28(34)37-22-13-10-16-25(19-22)43(26-17-11-14-23(20-26)38-29(35)41-32(4,5)6)27-18-12-15-24(21-27)39-30(36)42-33(7,8)9;1-5(2,3)4/h10-21H,1-9H3;1H3,(H,2,3,4)/q+1;/p-1. The Bertz CT molecular complexity index is 1500. The summed E-state index contributed by atoms with van der Waals surface area (Å²) >= 11 is 0. The summed E-state index contributed by atoms with van der Waals surface area (Å²) in [6.07, 6.45) is -1.88. The van der Waals surface area contributed by atoms with Gasteiger partial charge in [-0.15, -0.1) is 0 Å². The molecule has 48 heavy (non-hydrogen) atoms. The first-order chi connectivity index (χ1) is 21.9. The van der Waals surface area contributed by atoms with Gasteiger partial charge in [0, 0.05) is 24.5 Å². The van der Waals surface area contributed by atoms with Crippen molar-refractivity contribution in [2.24, 2.45) is 0 Å². The quantitative estimate of drug-likeness (QED) is 0.0802. The Morgan fingerprint density at radius 1 is 0.542 bits per heavy atom. The van der Waals surface area contributed by atoms with Gasteiger partial charge >= 0.3 is 18.5 Å². The van der Waals surface area contributed by atoms with Gasteiger partial charge < -0.3 is 33.0 Å². The van der Waals surface area contributed by atoms with E-state index < -0.39 is 56.3 Å². The molecule has 14 heteroatoms. The maximum atomic E-state index is 12.4. The average molecular weight is 707 g/mol. The van der Waals surface area contributed by atoms with Crippen molar-refractivity contribution in [3.63, 3.8) is 0 Å². The largest absolute Gasteiger partial charge is 0.748 e. The van der Waals surface area contributed by atoms with Crippen LogP contribution in [0.1, 0.15) is 62.3 Å². The Kier molecular flexibility index (Phi) is 13.5. The van der Waals surface area contributed by atoms with Crippen molar-refractivity contribution in [1.29, 1.82) is 0 Å². The molecule has 262 valence electrons. The summed E-state index contributed by atoms with van der Waals surface area (Å²) in [5.41, 5.74) is -2.16. The first kappa shape index (κ1) is 39.9. The van der Waals surface area contributed by atoms with E-state index >= 15 is 0 Å². The smallest absolute Gasteiger partial charge is 0.514 e. The number of hydrogen-bond acceptors (Lipinski definition) is 12. The van der Waals surface area contributed by atoms with Crippen LogP contribution in [-0.2, 0) is 35.2 Å². The maximum Gasteiger partial charge on any atom is 0.514 e. The van der Waals surface area contributed by atoms with Gasteiger partial charge in [0.05, 0.1) is 21.0 Å². The highest BCUT2D eigenvalue weighted by Crippen LogP contribution is 2.36. The molecule has 0 bridgehead atoms. The van der Waals surface area contributed by atoms with Crippen molar-refractivity contribution in [3.8, 4) is 17.2 Å². The molecule has 0 aliphatic rings. The first-order valence-electron chi connectivity index (χ1n) is 14.5. The third-order valence-electron chi connectivity index (χ3n) is 4.90. The van der Waals surface area contributed by atoms with E-state index in [0.717, 1.165) is 14.7 Å². The molecule has 0 spiro atoms. The molecular weight excluding hydrogens is 664 g/mol. The van der Waals surface area contributed by atoms with Gasteiger partial charge in [-0.1, -0.05) is 18.2 Å². The summed E-state index contributed by atoms with van der Waals surface area (Å²) in [6.45, 7) is 15.8. The zero-order valence-electron chi connectivity index (χ0n) is 28.6. The highest BCUT2D eigenvalue weighted by Gasteiger charge is 2.32. The van der Waals surface area contributed by atoms with Crippen molar-refractivity contribution in [2.75, 3.05) is 6.26 Å². The molecular formula is C34H42O12S2. The lowest BCUT2D eigenvalue weighted by Gasteiger charge is -2.19. The van der Waals surface area contributed by atoms with Gasteiger partial charge in [0.25, 0.3) is 0 Å². The summed E-state index contributed by atoms with van der Waals surface area (Å²) in [5.74, 6) is 0.852. The van der Waals surface area contributed by atoms with E-state index in [1.165, 1.54) is 0 Å². The molecule has 0 saturated heterocycles. The van der Waals surface area contributed by atoms with Gasteiger partial charge in [0.15, 0.2) is 14.7 Å². The van der Waals surface area contributed by atoms with Crippen molar-refractivity contribution >= 4 is 39.5 Å². The number of carbonyl (C=O) groups excluding carboxylic acids is 3. The zero-order chi connectivity index (χ0) is 36.5. The van der Waals surface area contributed by atoms with Crippen molar-refractivity contribution in [3.05, 3.63) is 72.8 Å². The van der Waals surface area contributed by atoms with E-state index in [1.54, 1.807) is 117 Å². The molecule has 3 rings (SSSR count). The predicted molar refractivity (Wildman–Crippen MR) is 178 cm³/mol. The van der Waals surface area contributed by atoms with Crippen LogP contribution in [0.5, 0.6) is 17.2 Å². The third-order valence-corrected chi connectivity index (χ3v) is 7.07. The Balaban J connectivity index is 0.00000149. The molecule has 3 aromatic carbocycles. The van der Waals surface area contributed by atoms with Crippen LogP contribution in [0.2, 0.25) is 0 Å². The minimum Gasteiger partial charge on any atom is -0.748 e. The SMILES string of the molecule is CC(C)(C)OC(=O)Oc1cccc([S+](c2cccc(OC(=O)OC(C)(C)C)c2)c2cccc(OC(=O)OC(C)(C)C)c2)c1.CS(=O)(=O)[O-]. The number of ether oxygens (including phenoxy) is 6. The van der Waals surface area contributed by atoms with E-state index in [4.69, 9.17) is 41.4 Å². The van der Waals surface area contributed by atoms with Crippen LogP contribution in [0, 0.1) is 0 Å². The second kappa shape index (κ2) is 16.2. The summed E-state index contributed by atoms with van der Waals surface area (Å²) in [7, 11) is -4.76. The lowest BCUT2D eigenvalue weighted by Crippen LogP contribution is -2.26. The first-order valence-corrected chi connectivity index (χ1v) is 17.6. The van der Waals surface area contributed by atoms with Gasteiger partial charge in [-0.2, -0.15) is 0 Å². The summed E-state index contributed by atoms with van der Waals surface area (Å²) in [6, 6.07) is 21.1. The molecule has 0 amide bonds. The monoisotopic (exact) mass is 706 g/mol. The molecule has 0 atom stereocenters. The molecule has 0 heterocycles. The Hall–Kier alpha value is -4.27. The van der Waals surface area contributed by atoms with Gasteiger partial charge in [-0.25, -0.2) is 22.8 Å². The molecule has 0 aliphatic heterocycles. The fraction of sp³-hybridized carbons (Fsp3) is 0.382. The van der Waals surface area contributed by atoms with E-state index in [1.807, 2.05) is 18.2 Å². The molecule has 3 aromatic rings. The second-order valence-electron chi connectivity index (χ2n) is 13.1. The highest BCUT2D eigenvalue weighted by molar-refractivity contribution is 7.97. The predicted octanol–water partition coefficient (Wildman–Crippen LogP) is 7.89. The van der Waals surface area contributed by atoms with Crippen LogP contribution >= 0.6 is 0 Å². The number of carbonyl (C=O) groups is 3. The number of rotatable bonds is 6. The maximum absolute atomic E-state index is 12.4. The fourth-order valence-corrected chi connectivity index (χ4v) is 5.67. The van der Waals surface area contributed by atoms with Gasteiger partial charge in [-0.05, 0) is 98.7 Å². The van der Waals surface area contributed by atoms with E-state index in [2.05, 4.69) is 0 Å². The number of hydrogen-bond donors (Lipinski definition) is 0. The Morgan fingerprint density at radius 2 is 0.771 bits per heavy atom. The number of benzene rings is 3. The van der Waals surface area contributed by atoms with E-state index in [-0.39, 0.29) is 17.2 Å². The molecule has 0 radical (unpaired) electrons. The van der Waals surface area contributed by atoms with Gasteiger partial charge in [-0.3, -0.25) is 0 Å². The minimum atomic E-state index is -3.92. The third kappa shape index (κ3) is 16.5. The van der Waals surface area contributed by atoms with Crippen molar-refractivity contribution < 1.29 is 55.8 Å². The summed E-state index contributed by atoms with van der Waals surface area (Å²) in [4.78, 5) is 39.4. The lowest BCUT2D eigenvalue weighted by atomic mass is 10.2. The van der Waals surface area contributed by atoms with Gasteiger partial charge in [0.1, 0.15) is 34.1 Å². The molecule has 0 saturated carbocycles. The topological polar surface area (TPSA) is 164 Å². The molecule has 0 unspecified atom stereocenters. The van der Waals surface area contributed by atoms with Crippen LogP contribution in [0.4, 0.5) is 14.4 Å². The van der Waals surface area contributed by atoms with Crippen LogP contribution in [-0.4, -0.2) is 54.5 Å². The second-order valence-corrected chi connectivity index (χ2v) is 16.6. The summed E-state index contributed by atoms with van der Waals surface area (Å²) < 4.78 is 59.6. The van der Waals surface area contributed by atoms with Crippen LogP contribution in [0.25, 0.3) is 0 Å². The lowest BCUT2D eigenvalue weighted by molar-refractivity contribution is 0.0192. The highest BCUT2D eigenvalue weighted by atomic mass is 32.2. The normalized spacial score (nSPS) is 11.8. The zero-order valence-corrected chi connectivity index (χ0v) is 30.3. The Labute approximate surface area is 284 Å². The summed E-state index contributed by atoms with van der Waals surface area (Å²) in [5, 5.41) is 0. The molecule has 0 N–H and O–H groups in total. The molecule has 0 fully saturated rings. The average Bonchev–Trinajstić information content (AvgIpc) is 2.85. The molecule has 0 aliphatic carbocycles. The van der Waals surface area contributed by atoms with E-state index in [9.17, 15) is 14.4 Å².